The van der Waals surface area contributed by atoms with Gasteiger partial charge >= 0.3 is 0 Å². The van der Waals surface area contributed by atoms with Crippen molar-refractivity contribution in [3.8, 4) is 0 Å². The Hall–Kier alpha value is -2.57. The second-order valence-electron chi connectivity index (χ2n) is 8.85. The van der Waals surface area contributed by atoms with Gasteiger partial charge in [-0.25, -0.2) is 4.98 Å². The van der Waals surface area contributed by atoms with Crippen LogP contribution in [0.1, 0.15) is 31.9 Å². The molecule has 0 saturated carbocycles. The van der Waals surface area contributed by atoms with Crippen LogP contribution in [0.4, 0.5) is 5.82 Å². The molecule has 2 aromatic rings. The average Bonchev–Trinajstić information content (AvgIpc) is 3.14. The highest BCUT2D eigenvalue weighted by atomic mass is 35.5. The number of hydrogen-bond acceptors (Lipinski definition) is 5. The molecule has 1 fully saturated rings. The molecule has 3 heterocycles. The van der Waals surface area contributed by atoms with Crippen molar-refractivity contribution in [2.45, 2.75) is 26.2 Å². The van der Waals surface area contributed by atoms with Crippen LogP contribution < -0.4 is 4.90 Å². The van der Waals surface area contributed by atoms with Gasteiger partial charge in [-0.2, -0.15) is 4.99 Å². The van der Waals surface area contributed by atoms with Gasteiger partial charge in [0.2, 0.25) is 0 Å². The summed E-state index contributed by atoms with van der Waals surface area (Å²) in [4.78, 5) is 26.0. The molecule has 4 rings (SSSR count). The first-order valence-electron chi connectivity index (χ1n) is 10.7. The Labute approximate surface area is 198 Å². The van der Waals surface area contributed by atoms with Crippen molar-refractivity contribution >= 4 is 46.3 Å². The maximum Gasteiger partial charge on any atom is 0.286 e. The highest BCUT2D eigenvalue weighted by Gasteiger charge is 2.28. The number of halogens is 1. The number of amides is 1. The highest BCUT2D eigenvalue weighted by molar-refractivity contribution is 8.18. The van der Waals surface area contributed by atoms with Crippen LogP contribution in [0.15, 0.2) is 64.6 Å². The third-order valence-corrected chi connectivity index (χ3v) is 6.87. The lowest BCUT2D eigenvalue weighted by atomic mass is 9.87. The molecule has 1 aromatic heterocycles. The number of carbonyl (C=O) groups is 1. The van der Waals surface area contributed by atoms with Crippen molar-refractivity contribution in [3.05, 3.63) is 75.8 Å². The van der Waals surface area contributed by atoms with Crippen LogP contribution in [0, 0.1) is 0 Å². The van der Waals surface area contributed by atoms with Crippen molar-refractivity contribution in [2.75, 3.05) is 31.1 Å². The summed E-state index contributed by atoms with van der Waals surface area (Å²) in [7, 11) is 0. The second-order valence-corrected chi connectivity index (χ2v) is 10.3. The molecule has 7 heteroatoms. The Morgan fingerprint density at radius 1 is 1.03 bits per heavy atom. The third-order valence-electron chi connectivity index (χ3n) is 5.51. The van der Waals surface area contributed by atoms with E-state index in [0.717, 1.165) is 42.7 Å². The van der Waals surface area contributed by atoms with E-state index in [1.807, 2.05) is 30.4 Å². The van der Waals surface area contributed by atoms with Gasteiger partial charge in [-0.15, -0.1) is 0 Å². The average molecular weight is 467 g/mol. The van der Waals surface area contributed by atoms with Crippen LogP contribution in [-0.2, 0) is 10.2 Å². The molecule has 32 heavy (non-hydrogen) atoms. The smallest absolute Gasteiger partial charge is 0.286 e. The minimum Gasteiger partial charge on any atom is -0.352 e. The van der Waals surface area contributed by atoms with Gasteiger partial charge in [0.05, 0.1) is 9.93 Å². The summed E-state index contributed by atoms with van der Waals surface area (Å²) >= 11 is 7.72. The fourth-order valence-electron chi connectivity index (χ4n) is 3.61. The van der Waals surface area contributed by atoms with Gasteiger partial charge in [-0.05, 0) is 46.5 Å². The van der Waals surface area contributed by atoms with Crippen LogP contribution in [-0.4, -0.2) is 47.1 Å². The number of hydrogen-bond donors (Lipinski definition) is 0. The SMILES string of the molecule is CC(C)(C)c1ccc(/C=C/C=C2/SC(N3CCN(c4ncccc4Cl)CC3)=NC2=O)cc1. The first kappa shape index (κ1) is 22.6. The Morgan fingerprint density at radius 2 is 1.72 bits per heavy atom. The Bertz CT molecular complexity index is 1080. The topological polar surface area (TPSA) is 48.8 Å². The molecular weight excluding hydrogens is 440 g/mol. The van der Waals surface area contributed by atoms with Gasteiger partial charge in [0, 0.05) is 32.4 Å². The van der Waals surface area contributed by atoms with Crippen molar-refractivity contribution in [2.24, 2.45) is 4.99 Å². The predicted octanol–water partition coefficient (Wildman–Crippen LogP) is 5.38. The van der Waals surface area contributed by atoms with E-state index in [1.54, 1.807) is 6.20 Å². The first-order valence-corrected chi connectivity index (χ1v) is 11.9. The van der Waals surface area contributed by atoms with Crippen LogP contribution in [0.2, 0.25) is 5.02 Å². The summed E-state index contributed by atoms with van der Waals surface area (Å²) in [5.41, 5.74) is 2.55. The Morgan fingerprint density at radius 3 is 2.38 bits per heavy atom. The number of piperazine rings is 1. The zero-order valence-corrected chi connectivity index (χ0v) is 20.2. The van der Waals surface area contributed by atoms with Crippen molar-refractivity contribution in [1.29, 1.82) is 0 Å². The molecule has 2 aliphatic heterocycles. The lowest BCUT2D eigenvalue weighted by Crippen LogP contribution is -2.48. The first-order chi connectivity index (χ1) is 15.3. The van der Waals surface area contributed by atoms with Gasteiger partial charge in [0.25, 0.3) is 5.91 Å². The molecule has 0 unspecified atom stereocenters. The lowest BCUT2D eigenvalue weighted by Gasteiger charge is -2.36. The second kappa shape index (κ2) is 9.51. The van der Waals surface area contributed by atoms with E-state index in [2.05, 4.69) is 64.8 Å². The normalized spacial score (nSPS) is 18.7. The quantitative estimate of drug-likeness (QED) is 0.568. The molecule has 1 saturated heterocycles. The maximum atomic E-state index is 12.4. The lowest BCUT2D eigenvalue weighted by molar-refractivity contribution is -0.113. The van der Waals surface area contributed by atoms with Crippen molar-refractivity contribution < 1.29 is 4.79 Å². The molecule has 0 spiro atoms. The molecule has 0 N–H and O–H groups in total. The van der Waals surface area contributed by atoms with E-state index in [4.69, 9.17) is 11.6 Å². The van der Waals surface area contributed by atoms with Crippen molar-refractivity contribution in [1.82, 2.24) is 9.88 Å². The van der Waals surface area contributed by atoms with Crippen LogP contribution in [0.5, 0.6) is 0 Å². The number of anilines is 1. The number of aliphatic imine (C=N–C) groups is 1. The van der Waals surface area contributed by atoms with Crippen LogP contribution in [0.25, 0.3) is 6.08 Å². The Balaban J connectivity index is 1.34. The molecule has 1 aromatic carbocycles. The van der Waals surface area contributed by atoms with E-state index < -0.39 is 0 Å². The summed E-state index contributed by atoms with van der Waals surface area (Å²) in [6, 6.07) is 12.2. The fraction of sp³-hybridized carbons (Fsp3) is 0.320. The minimum atomic E-state index is -0.173. The number of allylic oxidation sites excluding steroid dienone is 2. The Kier molecular flexibility index (Phi) is 6.72. The standard InChI is InChI=1S/C25H27ClN4OS/c1-25(2,3)19-11-9-18(10-12-19)6-4-8-21-23(31)28-24(32-21)30-16-14-29(15-17-30)22-20(26)7-5-13-27-22/h4-13H,14-17H2,1-3H3/b6-4+,21-8+. The molecule has 5 nitrogen and oxygen atoms in total. The number of aromatic nitrogens is 1. The molecular formula is C25H27ClN4OS. The molecule has 166 valence electrons. The van der Waals surface area contributed by atoms with Crippen LogP contribution >= 0.6 is 23.4 Å². The molecule has 0 bridgehead atoms. The molecule has 0 radical (unpaired) electrons. The number of benzene rings is 1. The number of thioether (sulfide) groups is 1. The summed E-state index contributed by atoms with van der Waals surface area (Å²) in [5, 5.41) is 1.43. The molecule has 0 atom stereocenters. The van der Waals surface area contributed by atoms with Gasteiger partial charge < -0.3 is 9.80 Å². The van der Waals surface area contributed by atoms with Crippen molar-refractivity contribution in [3.63, 3.8) is 0 Å². The van der Waals surface area contributed by atoms with E-state index >= 15 is 0 Å². The molecule has 0 aliphatic carbocycles. The monoisotopic (exact) mass is 466 g/mol. The number of carbonyl (C=O) groups excluding carboxylic acids is 1. The van der Waals surface area contributed by atoms with Gasteiger partial charge in [-0.3, -0.25) is 4.79 Å². The summed E-state index contributed by atoms with van der Waals surface area (Å²) < 4.78 is 0. The fourth-order valence-corrected chi connectivity index (χ4v) is 4.77. The largest absolute Gasteiger partial charge is 0.352 e. The number of pyridine rings is 1. The van der Waals surface area contributed by atoms with Crippen LogP contribution in [0.3, 0.4) is 0 Å². The van der Waals surface area contributed by atoms with E-state index in [-0.39, 0.29) is 11.3 Å². The van der Waals surface area contributed by atoms with Gasteiger partial charge in [-0.1, -0.05) is 68.8 Å². The summed E-state index contributed by atoms with van der Waals surface area (Å²) in [5.74, 6) is 0.639. The third kappa shape index (κ3) is 5.25. The minimum absolute atomic E-state index is 0.139. The number of rotatable bonds is 3. The van der Waals surface area contributed by atoms with E-state index in [0.29, 0.717) is 9.93 Å². The number of amidine groups is 1. The molecule has 1 amide bonds. The zero-order chi connectivity index (χ0) is 22.7. The summed E-state index contributed by atoms with van der Waals surface area (Å²) in [6.07, 6.45) is 7.55. The maximum absolute atomic E-state index is 12.4. The van der Waals surface area contributed by atoms with Gasteiger partial charge in [0.1, 0.15) is 5.82 Å². The van der Waals surface area contributed by atoms with Gasteiger partial charge in [0.15, 0.2) is 5.17 Å². The van der Waals surface area contributed by atoms with E-state index in [1.165, 1.54) is 17.3 Å². The number of nitrogens with zero attached hydrogens (tertiary/aromatic N) is 4. The summed E-state index contributed by atoms with van der Waals surface area (Å²) in [6.45, 7) is 9.73. The highest BCUT2D eigenvalue weighted by Crippen LogP contribution is 2.30. The molecule has 2 aliphatic rings. The zero-order valence-electron chi connectivity index (χ0n) is 18.6. The predicted molar refractivity (Wildman–Crippen MR) is 135 cm³/mol. The van der Waals surface area contributed by atoms with E-state index in [9.17, 15) is 4.79 Å².